The average Bonchev–Trinajstić information content (AvgIpc) is 3.15. The van der Waals surface area contributed by atoms with Crippen LogP contribution in [-0.2, 0) is 23.5 Å². The second-order valence-electron chi connectivity index (χ2n) is 7.68. The number of thioether (sulfide) groups is 1. The minimum atomic E-state index is -0.525. The first-order valence-corrected chi connectivity index (χ1v) is 12.0. The van der Waals surface area contributed by atoms with Gasteiger partial charge in [0.25, 0.3) is 0 Å². The van der Waals surface area contributed by atoms with Crippen molar-refractivity contribution in [3.05, 3.63) is 52.1 Å². The summed E-state index contributed by atoms with van der Waals surface area (Å²) in [5.41, 5.74) is 3.75. The van der Waals surface area contributed by atoms with Gasteiger partial charge >= 0.3 is 0 Å². The molecule has 2 aromatic rings. The van der Waals surface area contributed by atoms with Gasteiger partial charge in [-0.3, -0.25) is 4.79 Å². The minimum absolute atomic E-state index is 0.358. The number of aliphatic hydroxyl groups excluding tert-OH is 1. The van der Waals surface area contributed by atoms with E-state index in [1.165, 1.54) is 11.8 Å². The first-order valence-electron chi connectivity index (χ1n) is 11.0. The highest BCUT2D eigenvalue weighted by atomic mass is 32.2. The summed E-state index contributed by atoms with van der Waals surface area (Å²) in [6.45, 7) is 5.17. The highest BCUT2D eigenvalue weighted by molar-refractivity contribution is 7.98. The molecule has 0 atom stereocenters. The molecule has 3 rings (SSSR count). The Labute approximate surface area is 198 Å². The molecule has 33 heavy (non-hydrogen) atoms. The van der Waals surface area contributed by atoms with Crippen LogP contribution in [0.3, 0.4) is 0 Å². The zero-order chi connectivity index (χ0) is 23.6. The zero-order valence-electron chi connectivity index (χ0n) is 18.7. The van der Waals surface area contributed by atoms with Crippen LogP contribution in [0.1, 0.15) is 41.2 Å². The average molecular weight is 465 g/mol. The smallest absolute Gasteiger partial charge is 0.245 e. The highest BCUT2D eigenvalue weighted by Gasteiger charge is 2.23. The van der Waals surface area contributed by atoms with Gasteiger partial charge in [0.05, 0.1) is 11.1 Å². The second-order valence-corrected chi connectivity index (χ2v) is 8.64. The molecular weight excluding hydrogens is 436 g/mol. The fourth-order valence-electron chi connectivity index (χ4n) is 3.74. The minimum Gasteiger partial charge on any atom is -0.387 e. The molecule has 0 aliphatic carbocycles. The molecule has 1 aliphatic heterocycles. The molecule has 0 spiro atoms. The molecule has 172 valence electrons. The van der Waals surface area contributed by atoms with E-state index < -0.39 is 12.5 Å². The molecule has 1 aliphatic rings. The summed E-state index contributed by atoms with van der Waals surface area (Å²) >= 11 is 1.50. The molecule has 1 aromatic carbocycles. The van der Waals surface area contributed by atoms with E-state index in [0.717, 1.165) is 49.3 Å². The van der Waals surface area contributed by atoms with Gasteiger partial charge in [-0.1, -0.05) is 31.2 Å². The maximum Gasteiger partial charge on any atom is 0.245 e. The summed E-state index contributed by atoms with van der Waals surface area (Å²) in [7, 11) is 0. The topological polar surface area (TPSA) is 125 Å². The molecule has 0 radical (unpaired) electrons. The van der Waals surface area contributed by atoms with Crippen molar-refractivity contribution in [3.8, 4) is 12.1 Å². The molecule has 1 saturated heterocycles. The molecular formula is C24H28N6O2S. The van der Waals surface area contributed by atoms with E-state index in [1.54, 1.807) is 0 Å². The molecule has 9 heteroatoms. The van der Waals surface area contributed by atoms with E-state index in [2.05, 4.69) is 27.7 Å². The number of anilines is 1. The quantitative estimate of drug-likeness (QED) is 0.507. The van der Waals surface area contributed by atoms with Gasteiger partial charge in [-0.15, -0.1) is 11.8 Å². The maximum atomic E-state index is 11.2. The molecule has 8 nitrogen and oxygen atoms in total. The Balaban J connectivity index is 1.83. The van der Waals surface area contributed by atoms with Crippen molar-refractivity contribution in [2.45, 2.75) is 37.1 Å². The number of hydrogen-bond acceptors (Lipinski definition) is 8. The van der Waals surface area contributed by atoms with Crippen molar-refractivity contribution in [3.63, 3.8) is 0 Å². The van der Waals surface area contributed by atoms with Gasteiger partial charge in [0.15, 0.2) is 0 Å². The third-order valence-electron chi connectivity index (χ3n) is 5.50. The second kappa shape index (κ2) is 12.2. The van der Waals surface area contributed by atoms with Gasteiger partial charge in [-0.25, -0.2) is 4.98 Å². The van der Waals surface area contributed by atoms with E-state index in [0.29, 0.717) is 40.7 Å². The van der Waals surface area contributed by atoms with Gasteiger partial charge in [-0.05, 0) is 36.1 Å². The van der Waals surface area contributed by atoms with Crippen molar-refractivity contribution in [2.75, 3.05) is 37.7 Å². The monoisotopic (exact) mass is 464 g/mol. The Bertz CT molecular complexity index is 1050. The zero-order valence-corrected chi connectivity index (χ0v) is 19.5. The summed E-state index contributed by atoms with van der Waals surface area (Å²) in [6.07, 6.45) is 1.57. The number of hydrogen-bond donors (Lipinski definition) is 3. The Kier molecular flexibility index (Phi) is 9.08. The molecule has 0 saturated carbocycles. The van der Waals surface area contributed by atoms with Crippen LogP contribution < -0.4 is 15.5 Å². The number of pyridine rings is 1. The third kappa shape index (κ3) is 6.23. The summed E-state index contributed by atoms with van der Waals surface area (Å²) < 4.78 is 0. The number of aliphatic hydroxyl groups is 1. The lowest BCUT2D eigenvalue weighted by Gasteiger charge is -2.24. The lowest BCUT2D eigenvalue weighted by Crippen LogP contribution is -2.30. The van der Waals surface area contributed by atoms with Crippen LogP contribution in [0.5, 0.6) is 0 Å². The molecule has 1 fully saturated rings. The fourth-order valence-corrected chi connectivity index (χ4v) is 4.70. The Morgan fingerprint density at radius 1 is 1.18 bits per heavy atom. The largest absolute Gasteiger partial charge is 0.387 e. The van der Waals surface area contributed by atoms with Crippen LogP contribution in [0.15, 0.2) is 29.3 Å². The molecule has 2 heterocycles. The SMILES string of the molecule is CCc1c(C#N)c(SCc2ccc(CNC(=O)CO)cc2)nc(N2CCCNCC2)c1C#N. The van der Waals surface area contributed by atoms with Gasteiger partial charge in [-0.2, -0.15) is 10.5 Å². The van der Waals surface area contributed by atoms with Crippen LogP contribution in [0.25, 0.3) is 0 Å². The van der Waals surface area contributed by atoms with Crippen LogP contribution in [-0.4, -0.2) is 48.8 Å². The number of rotatable bonds is 8. The predicted molar refractivity (Wildman–Crippen MR) is 128 cm³/mol. The first kappa shape index (κ1) is 24.5. The predicted octanol–water partition coefficient (Wildman–Crippen LogP) is 2.09. The van der Waals surface area contributed by atoms with Gasteiger partial charge < -0.3 is 20.6 Å². The number of aromatic nitrogens is 1. The number of carbonyl (C=O) groups is 1. The number of nitriles is 2. The van der Waals surface area contributed by atoms with Gasteiger partial charge in [0, 0.05) is 31.9 Å². The number of nitrogens with zero attached hydrogens (tertiary/aromatic N) is 4. The Morgan fingerprint density at radius 3 is 2.58 bits per heavy atom. The maximum absolute atomic E-state index is 11.2. The van der Waals surface area contributed by atoms with Crippen molar-refractivity contribution in [1.29, 1.82) is 10.5 Å². The summed E-state index contributed by atoms with van der Waals surface area (Å²) in [4.78, 5) is 18.2. The Hall–Kier alpha value is -3.11. The van der Waals surface area contributed by atoms with E-state index in [9.17, 15) is 15.3 Å². The van der Waals surface area contributed by atoms with Crippen LogP contribution in [0.2, 0.25) is 0 Å². The lowest BCUT2D eigenvalue weighted by atomic mass is 10.0. The summed E-state index contributed by atoms with van der Waals surface area (Å²) in [5.74, 6) is 0.892. The van der Waals surface area contributed by atoms with E-state index >= 15 is 0 Å². The summed E-state index contributed by atoms with van der Waals surface area (Å²) in [6, 6.07) is 12.4. The van der Waals surface area contributed by atoms with Crippen molar-refractivity contribution >= 4 is 23.5 Å². The van der Waals surface area contributed by atoms with Gasteiger partial charge in [0.2, 0.25) is 5.91 Å². The standard InChI is InChI=1S/C24H28N6O2S/c1-2-19-20(12-25)23(30-10-3-8-27-9-11-30)29-24(21(19)13-26)33-16-18-6-4-17(5-7-18)14-28-22(32)15-31/h4-7,27,31H,2-3,8-11,14-16H2,1H3,(H,28,32). The van der Waals surface area contributed by atoms with Crippen LogP contribution in [0, 0.1) is 22.7 Å². The van der Waals surface area contributed by atoms with Crippen LogP contribution in [0.4, 0.5) is 5.82 Å². The molecule has 1 amide bonds. The normalized spacial score (nSPS) is 13.6. The van der Waals surface area contributed by atoms with Crippen molar-refractivity contribution < 1.29 is 9.90 Å². The third-order valence-corrected chi connectivity index (χ3v) is 6.54. The number of nitrogens with one attached hydrogen (secondary N) is 2. The molecule has 0 bridgehead atoms. The van der Waals surface area contributed by atoms with Crippen molar-refractivity contribution in [1.82, 2.24) is 15.6 Å². The number of benzene rings is 1. The van der Waals surface area contributed by atoms with Crippen molar-refractivity contribution in [2.24, 2.45) is 0 Å². The Morgan fingerprint density at radius 2 is 1.91 bits per heavy atom. The fraction of sp³-hybridized carbons (Fsp3) is 0.417. The van der Waals surface area contributed by atoms with Crippen LogP contribution >= 0.6 is 11.8 Å². The van der Waals surface area contributed by atoms with E-state index in [4.69, 9.17) is 10.1 Å². The highest BCUT2D eigenvalue weighted by Crippen LogP contribution is 2.33. The number of carbonyl (C=O) groups excluding carboxylic acids is 1. The summed E-state index contributed by atoms with van der Waals surface area (Å²) in [5, 5.41) is 35.2. The lowest BCUT2D eigenvalue weighted by molar-refractivity contribution is -0.123. The van der Waals surface area contributed by atoms with E-state index in [-0.39, 0.29) is 0 Å². The van der Waals surface area contributed by atoms with E-state index in [1.807, 2.05) is 31.2 Å². The molecule has 1 aromatic heterocycles. The number of amides is 1. The molecule has 3 N–H and O–H groups in total. The first-order chi connectivity index (χ1) is 16.1. The molecule has 0 unspecified atom stereocenters. The van der Waals surface area contributed by atoms with Gasteiger partial charge in [0.1, 0.15) is 29.6 Å².